The van der Waals surface area contributed by atoms with Crippen molar-refractivity contribution in [2.45, 2.75) is 32.9 Å². The molecule has 5 heteroatoms. The molecule has 4 aromatic rings. The lowest BCUT2D eigenvalue weighted by atomic mass is 10.1. The second-order valence-electron chi connectivity index (χ2n) is 7.48. The van der Waals surface area contributed by atoms with Crippen LogP contribution in [-0.2, 0) is 25.9 Å². The number of aryl methyl sites for hydroxylation is 1. The molecule has 0 N–H and O–H groups in total. The summed E-state index contributed by atoms with van der Waals surface area (Å²) >= 11 is 1.54. The van der Waals surface area contributed by atoms with Gasteiger partial charge in [-0.05, 0) is 34.7 Å². The Morgan fingerprint density at radius 2 is 1.58 bits per heavy atom. The molecule has 0 aliphatic heterocycles. The highest BCUT2D eigenvalue weighted by atomic mass is 32.1. The normalized spacial score (nSPS) is 10.7. The van der Waals surface area contributed by atoms with Crippen molar-refractivity contribution in [1.29, 1.82) is 0 Å². The molecule has 31 heavy (non-hydrogen) atoms. The minimum Gasteiger partial charge on any atom is -0.329 e. The first-order valence-electron chi connectivity index (χ1n) is 10.5. The van der Waals surface area contributed by atoms with Gasteiger partial charge in [0, 0.05) is 37.3 Å². The molecule has 0 fully saturated rings. The molecule has 1 amide bonds. The molecule has 0 radical (unpaired) electrons. The van der Waals surface area contributed by atoms with Gasteiger partial charge in [-0.2, -0.15) is 0 Å². The van der Waals surface area contributed by atoms with Crippen LogP contribution in [0.25, 0.3) is 0 Å². The zero-order chi connectivity index (χ0) is 21.5. The van der Waals surface area contributed by atoms with Gasteiger partial charge in [-0.15, -0.1) is 11.3 Å². The van der Waals surface area contributed by atoms with E-state index in [2.05, 4.69) is 53.3 Å². The third-order valence-electron chi connectivity index (χ3n) is 5.16. The first-order valence-corrected chi connectivity index (χ1v) is 11.3. The van der Waals surface area contributed by atoms with Crippen LogP contribution in [-0.4, -0.2) is 20.8 Å². The number of aromatic nitrogens is 2. The van der Waals surface area contributed by atoms with E-state index in [0.717, 1.165) is 29.0 Å². The quantitative estimate of drug-likeness (QED) is 0.371. The van der Waals surface area contributed by atoms with Gasteiger partial charge in [0.2, 0.25) is 0 Å². The lowest BCUT2D eigenvalue weighted by Crippen LogP contribution is -2.30. The van der Waals surface area contributed by atoms with E-state index in [1.54, 1.807) is 6.20 Å². The molecule has 2 aromatic carbocycles. The van der Waals surface area contributed by atoms with Gasteiger partial charge in [-0.25, -0.2) is 4.98 Å². The summed E-state index contributed by atoms with van der Waals surface area (Å²) in [5.41, 5.74) is 5.10. The molecule has 0 aliphatic carbocycles. The number of carbonyl (C=O) groups excluding carboxylic acids is 1. The summed E-state index contributed by atoms with van der Waals surface area (Å²) in [6.07, 6.45) is 5.29. The molecule has 2 aromatic heterocycles. The molecule has 0 spiro atoms. The van der Waals surface area contributed by atoms with Crippen LogP contribution in [0.5, 0.6) is 0 Å². The van der Waals surface area contributed by atoms with Crippen LogP contribution in [0.3, 0.4) is 0 Å². The van der Waals surface area contributed by atoms with Crippen molar-refractivity contribution in [3.8, 4) is 0 Å². The minimum atomic E-state index is -0.0565. The van der Waals surface area contributed by atoms with E-state index in [1.165, 1.54) is 22.5 Å². The second kappa shape index (κ2) is 10.1. The Kier molecular flexibility index (Phi) is 6.85. The van der Waals surface area contributed by atoms with Crippen molar-refractivity contribution >= 4 is 17.2 Å². The monoisotopic (exact) mass is 427 g/mol. The first-order chi connectivity index (χ1) is 15.2. The summed E-state index contributed by atoms with van der Waals surface area (Å²) < 4.78 is 0. The molecule has 2 heterocycles. The van der Waals surface area contributed by atoms with E-state index >= 15 is 0 Å². The molecule has 0 atom stereocenters. The highest BCUT2D eigenvalue weighted by Gasteiger charge is 2.20. The Bertz CT molecular complexity index is 1110. The van der Waals surface area contributed by atoms with Crippen molar-refractivity contribution in [3.63, 3.8) is 0 Å². The van der Waals surface area contributed by atoms with E-state index < -0.39 is 0 Å². The van der Waals surface area contributed by atoms with E-state index in [0.29, 0.717) is 18.8 Å². The largest absolute Gasteiger partial charge is 0.329 e. The van der Waals surface area contributed by atoms with E-state index in [-0.39, 0.29) is 5.91 Å². The number of benzene rings is 2. The Morgan fingerprint density at radius 3 is 2.29 bits per heavy atom. The fourth-order valence-corrected chi connectivity index (χ4v) is 4.24. The number of amides is 1. The van der Waals surface area contributed by atoms with Crippen molar-refractivity contribution < 1.29 is 4.79 Å². The number of pyridine rings is 1. The summed E-state index contributed by atoms with van der Waals surface area (Å²) in [6, 6.07) is 22.6. The number of carbonyl (C=O) groups is 1. The second-order valence-corrected chi connectivity index (χ2v) is 8.42. The number of hydrogen-bond donors (Lipinski definition) is 0. The molecule has 0 aliphatic rings. The van der Waals surface area contributed by atoms with Crippen molar-refractivity contribution in [3.05, 3.63) is 117 Å². The van der Waals surface area contributed by atoms with Gasteiger partial charge in [0.15, 0.2) is 0 Å². The van der Waals surface area contributed by atoms with Crippen molar-refractivity contribution in [2.24, 2.45) is 0 Å². The topological polar surface area (TPSA) is 46.1 Å². The van der Waals surface area contributed by atoms with Crippen LogP contribution in [0, 0.1) is 0 Å². The number of nitrogens with zero attached hydrogens (tertiary/aromatic N) is 3. The van der Waals surface area contributed by atoms with Gasteiger partial charge in [0.1, 0.15) is 5.69 Å². The summed E-state index contributed by atoms with van der Waals surface area (Å²) in [5.74, 6) is -0.0565. The predicted molar refractivity (Wildman–Crippen MR) is 125 cm³/mol. The van der Waals surface area contributed by atoms with Gasteiger partial charge >= 0.3 is 0 Å². The van der Waals surface area contributed by atoms with Crippen molar-refractivity contribution in [2.75, 3.05) is 0 Å². The van der Waals surface area contributed by atoms with Gasteiger partial charge in [0.25, 0.3) is 5.91 Å². The molecular formula is C26H25N3OS. The standard InChI is InChI=1S/C26H25N3OS/c1-2-20-10-12-22(13-11-20)17-29(18-23-9-6-14-27-16-23)26(30)24-19-31-25(28-24)15-21-7-4-3-5-8-21/h3-14,16,19H,2,15,17-18H2,1H3. The van der Waals surface area contributed by atoms with Crippen LogP contribution >= 0.6 is 11.3 Å². The van der Waals surface area contributed by atoms with Crippen LogP contribution in [0.1, 0.15) is 44.7 Å². The molecule has 0 unspecified atom stereocenters. The summed E-state index contributed by atoms with van der Waals surface area (Å²) in [6.45, 7) is 3.17. The lowest BCUT2D eigenvalue weighted by Gasteiger charge is -2.22. The molecule has 156 valence electrons. The highest BCUT2D eigenvalue weighted by Crippen LogP contribution is 2.19. The first kappa shape index (κ1) is 20.9. The van der Waals surface area contributed by atoms with Crippen molar-refractivity contribution in [1.82, 2.24) is 14.9 Å². The Morgan fingerprint density at radius 1 is 0.871 bits per heavy atom. The highest BCUT2D eigenvalue weighted by molar-refractivity contribution is 7.09. The Labute approximate surface area is 187 Å². The minimum absolute atomic E-state index is 0.0565. The number of rotatable bonds is 8. The van der Waals surface area contributed by atoms with Crippen LogP contribution in [0.15, 0.2) is 84.5 Å². The molecule has 4 nitrogen and oxygen atoms in total. The van der Waals surface area contributed by atoms with Crippen LogP contribution in [0.2, 0.25) is 0 Å². The molecule has 0 saturated carbocycles. The van der Waals surface area contributed by atoms with Gasteiger partial charge in [0.05, 0.1) is 5.01 Å². The smallest absolute Gasteiger partial charge is 0.273 e. The maximum Gasteiger partial charge on any atom is 0.273 e. The number of hydrogen-bond acceptors (Lipinski definition) is 4. The fraction of sp³-hybridized carbons (Fsp3) is 0.192. The molecular weight excluding hydrogens is 402 g/mol. The summed E-state index contributed by atoms with van der Waals surface area (Å²) in [7, 11) is 0. The van der Waals surface area contributed by atoms with E-state index in [9.17, 15) is 4.79 Å². The Balaban J connectivity index is 1.54. The number of thiazole rings is 1. The van der Waals surface area contributed by atoms with E-state index in [4.69, 9.17) is 0 Å². The zero-order valence-corrected chi connectivity index (χ0v) is 18.4. The zero-order valence-electron chi connectivity index (χ0n) is 17.6. The Hall–Kier alpha value is -3.31. The SMILES string of the molecule is CCc1ccc(CN(Cc2cccnc2)C(=O)c2csc(Cc3ccccc3)n2)cc1. The summed E-state index contributed by atoms with van der Waals surface area (Å²) in [4.78, 5) is 24.1. The van der Waals surface area contributed by atoms with Gasteiger partial charge < -0.3 is 4.90 Å². The average molecular weight is 428 g/mol. The van der Waals surface area contributed by atoms with Gasteiger partial charge in [-0.3, -0.25) is 9.78 Å². The predicted octanol–water partition coefficient (Wildman–Crippen LogP) is 5.53. The lowest BCUT2D eigenvalue weighted by molar-refractivity contribution is 0.0724. The molecule has 0 saturated heterocycles. The third-order valence-corrected chi connectivity index (χ3v) is 6.01. The van der Waals surface area contributed by atoms with E-state index in [1.807, 2.05) is 46.8 Å². The van der Waals surface area contributed by atoms with Gasteiger partial charge in [-0.1, -0.05) is 67.6 Å². The van der Waals surface area contributed by atoms with Crippen LogP contribution < -0.4 is 0 Å². The third kappa shape index (κ3) is 5.64. The fourth-order valence-electron chi connectivity index (χ4n) is 3.44. The molecule has 4 rings (SSSR count). The average Bonchev–Trinajstić information content (AvgIpc) is 3.28. The molecule has 0 bridgehead atoms. The maximum absolute atomic E-state index is 13.4. The maximum atomic E-state index is 13.4. The summed E-state index contributed by atoms with van der Waals surface area (Å²) in [5, 5.41) is 2.82. The van der Waals surface area contributed by atoms with Crippen LogP contribution in [0.4, 0.5) is 0 Å².